The minimum Gasteiger partial charge on any atom is -0.481 e. The zero-order chi connectivity index (χ0) is 15.6. The van der Waals surface area contributed by atoms with Crippen LogP contribution in [0.25, 0.3) is 0 Å². The summed E-state index contributed by atoms with van der Waals surface area (Å²) in [5, 5.41) is 11.9. The number of nitrogens with one attached hydrogen (secondary N) is 1. The number of hydrogen-bond donors (Lipinski definition) is 4. The van der Waals surface area contributed by atoms with Crippen molar-refractivity contribution < 1.29 is 9.90 Å². The van der Waals surface area contributed by atoms with Gasteiger partial charge in [-0.05, 0) is 38.1 Å². The van der Waals surface area contributed by atoms with Crippen molar-refractivity contribution in [3.8, 4) is 0 Å². The molecule has 0 unspecified atom stereocenters. The van der Waals surface area contributed by atoms with Gasteiger partial charge in [0, 0.05) is 37.3 Å². The largest absolute Gasteiger partial charge is 0.481 e. The van der Waals surface area contributed by atoms with E-state index in [1.807, 2.05) is 0 Å². The summed E-state index contributed by atoms with van der Waals surface area (Å²) >= 11 is 8.71. The number of rotatable bonds is 12. The molecule has 0 spiro atoms. The Morgan fingerprint density at radius 2 is 2.00 bits per heavy atom. The highest BCUT2D eigenvalue weighted by molar-refractivity contribution is 7.84. The molecular formula is C14H28N2O2S2. The predicted molar refractivity (Wildman–Crippen MR) is 92.0 cm³/mol. The fourth-order valence-corrected chi connectivity index (χ4v) is 2.21. The number of carbonyl (C=O) groups is 1. The molecule has 2 N–H and O–H groups in total. The standard InChI is InChI=1S/C14H28N2O2S2/c1-12(19)10-15-7-9-16(11-14(2,3)20)8-5-4-6-13(17)18/h15,19-20H,1,4-11H2,2-3H3,(H,17,18). The Bertz CT molecular complexity index is 282. The van der Waals surface area contributed by atoms with Gasteiger partial charge in [0.15, 0.2) is 0 Å². The van der Waals surface area contributed by atoms with Crippen LogP contribution in [0.2, 0.25) is 0 Å². The van der Waals surface area contributed by atoms with E-state index < -0.39 is 5.97 Å². The fraction of sp³-hybridized carbons (Fsp3) is 0.786. The number of nitrogens with zero attached hydrogens (tertiary/aromatic N) is 1. The first-order valence-corrected chi connectivity index (χ1v) is 7.84. The summed E-state index contributed by atoms with van der Waals surface area (Å²) in [6.07, 6.45) is 1.87. The SMILES string of the molecule is C=C(S)CNCCN(CCCCC(=O)O)CC(C)(C)S. The summed E-state index contributed by atoms with van der Waals surface area (Å²) in [6.45, 7) is 12.2. The molecule has 0 saturated carbocycles. The maximum absolute atomic E-state index is 10.5. The van der Waals surface area contributed by atoms with Crippen molar-refractivity contribution in [3.05, 3.63) is 11.5 Å². The van der Waals surface area contributed by atoms with Gasteiger partial charge in [0.05, 0.1) is 0 Å². The quantitative estimate of drug-likeness (QED) is 0.329. The lowest BCUT2D eigenvalue weighted by Gasteiger charge is -2.29. The second kappa shape index (κ2) is 10.5. The number of thiol groups is 2. The molecule has 0 aliphatic rings. The van der Waals surface area contributed by atoms with Gasteiger partial charge in [0.25, 0.3) is 0 Å². The molecule has 0 aromatic heterocycles. The molecule has 6 heteroatoms. The zero-order valence-electron chi connectivity index (χ0n) is 12.6. The molecule has 0 aliphatic carbocycles. The average Bonchev–Trinajstić information content (AvgIpc) is 2.27. The van der Waals surface area contributed by atoms with Gasteiger partial charge in [-0.3, -0.25) is 4.79 Å². The van der Waals surface area contributed by atoms with Crippen LogP contribution < -0.4 is 5.32 Å². The number of carboxylic acid groups (broad SMARTS) is 1. The first kappa shape index (κ1) is 19.8. The van der Waals surface area contributed by atoms with Gasteiger partial charge < -0.3 is 15.3 Å². The summed E-state index contributed by atoms with van der Waals surface area (Å²) in [5.74, 6) is -0.722. The van der Waals surface area contributed by atoms with Crippen molar-refractivity contribution >= 4 is 31.2 Å². The van der Waals surface area contributed by atoms with Crippen LogP contribution in [0, 0.1) is 0 Å². The van der Waals surface area contributed by atoms with Gasteiger partial charge in [0.1, 0.15) is 0 Å². The molecule has 0 heterocycles. The molecule has 4 nitrogen and oxygen atoms in total. The van der Waals surface area contributed by atoms with Crippen molar-refractivity contribution in [2.75, 3.05) is 32.7 Å². The molecular weight excluding hydrogens is 292 g/mol. The highest BCUT2D eigenvalue weighted by Crippen LogP contribution is 2.14. The van der Waals surface area contributed by atoms with Gasteiger partial charge in [-0.25, -0.2) is 0 Å². The molecule has 20 heavy (non-hydrogen) atoms. The Kier molecular flexibility index (Phi) is 10.5. The fourth-order valence-electron chi connectivity index (χ4n) is 1.90. The van der Waals surface area contributed by atoms with E-state index >= 15 is 0 Å². The molecule has 0 aromatic rings. The Hall–Kier alpha value is -0.170. The molecule has 0 aliphatic heterocycles. The topological polar surface area (TPSA) is 52.6 Å². The summed E-state index contributed by atoms with van der Waals surface area (Å²) in [6, 6.07) is 0. The molecule has 0 rings (SSSR count). The van der Waals surface area contributed by atoms with Crippen LogP contribution in [0.4, 0.5) is 0 Å². The molecule has 0 atom stereocenters. The highest BCUT2D eigenvalue weighted by atomic mass is 32.1. The Balaban J connectivity index is 4.00. The Labute approximate surface area is 133 Å². The first-order chi connectivity index (χ1) is 9.20. The van der Waals surface area contributed by atoms with E-state index in [0.717, 1.165) is 43.9 Å². The number of carboxylic acids is 1. The van der Waals surface area contributed by atoms with Crippen LogP contribution in [-0.4, -0.2) is 53.4 Å². The van der Waals surface area contributed by atoms with Crippen molar-refractivity contribution in [3.63, 3.8) is 0 Å². The van der Waals surface area contributed by atoms with Crippen molar-refractivity contribution in [2.24, 2.45) is 0 Å². The normalized spacial score (nSPS) is 11.8. The molecule has 0 aromatic carbocycles. The van der Waals surface area contributed by atoms with Gasteiger partial charge in [0.2, 0.25) is 0 Å². The van der Waals surface area contributed by atoms with E-state index in [1.54, 1.807) is 0 Å². The third-order valence-corrected chi connectivity index (χ3v) is 2.96. The lowest BCUT2D eigenvalue weighted by Crippen LogP contribution is -2.40. The first-order valence-electron chi connectivity index (χ1n) is 6.94. The van der Waals surface area contributed by atoms with Crippen LogP contribution in [-0.2, 0) is 4.79 Å². The number of unbranched alkanes of at least 4 members (excludes halogenated alkanes) is 1. The third kappa shape index (κ3) is 14.2. The smallest absolute Gasteiger partial charge is 0.303 e. The molecule has 0 radical (unpaired) electrons. The van der Waals surface area contributed by atoms with E-state index in [1.165, 1.54) is 0 Å². The summed E-state index contributed by atoms with van der Waals surface area (Å²) < 4.78 is -0.0556. The predicted octanol–water partition coefficient (Wildman–Crippen LogP) is 2.28. The lowest BCUT2D eigenvalue weighted by atomic mass is 10.1. The Morgan fingerprint density at radius 3 is 2.50 bits per heavy atom. The number of aliphatic carboxylic acids is 1. The number of hydrogen-bond acceptors (Lipinski definition) is 5. The maximum Gasteiger partial charge on any atom is 0.303 e. The molecule has 0 saturated heterocycles. The summed E-state index contributed by atoms with van der Waals surface area (Å²) in [7, 11) is 0. The van der Waals surface area contributed by atoms with Gasteiger partial charge in [-0.15, -0.1) is 12.6 Å². The Morgan fingerprint density at radius 1 is 1.35 bits per heavy atom. The van der Waals surface area contributed by atoms with Crippen LogP contribution in [0.5, 0.6) is 0 Å². The van der Waals surface area contributed by atoms with Crippen LogP contribution in [0.15, 0.2) is 11.5 Å². The minimum absolute atomic E-state index is 0.0556. The van der Waals surface area contributed by atoms with Crippen molar-refractivity contribution in [1.29, 1.82) is 0 Å². The van der Waals surface area contributed by atoms with E-state index in [-0.39, 0.29) is 11.2 Å². The van der Waals surface area contributed by atoms with E-state index in [9.17, 15) is 4.79 Å². The average molecular weight is 321 g/mol. The lowest BCUT2D eigenvalue weighted by molar-refractivity contribution is -0.137. The molecule has 0 bridgehead atoms. The minimum atomic E-state index is -0.722. The monoisotopic (exact) mass is 320 g/mol. The molecule has 0 fully saturated rings. The molecule has 0 amide bonds. The third-order valence-electron chi connectivity index (χ3n) is 2.66. The summed E-state index contributed by atoms with van der Waals surface area (Å²) in [5.41, 5.74) is 0. The summed E-state index contributed by atoms with van der Waals surface area (Å²) in [4.78, 5) is 13.6. The maximum atomic E-state index is 10.5. The van der Waals surface area contributed by atoms with E-state index in [0.29, 0.717) is 6.54 Å². The van der Waals surface area contributed by atoms with Crippen LogP contribution >= 0.6 is 25.3 Å². The molecule has 118 valence electrons. The van der Waals surface area contributed by atoms with Crippen molar-refractivity contribution in [2.45, 2.75) is 37.9 Å². The highest BCUT2D eigenvalue weighted by Gasteiger charge is 2.16. The van der Waals surface area contributed by atoms with Gasteiger partial charge in [-0.1, -0.05) is 6.58 Å². The second-order valence-electron chi connectivity index (χ2n) is 5.68. The second-order valence-corrected chi connectivity index (χ2v) is 7.53. The van der Waals surface area contributed by atoms with E-state index in [2.05, 4.69) is 55.9 Å². The van der Waals surface area contributed by atoms with E-state index in [4.69, 9.17) is 5.11 Å². The van der Waals surface area contributed by atoms with Gasteiger partial charge in [-0.2, -0.15) is 12.6 Å². The van der Waals surface area contributed by atoms with Crippen molar-refractivity contribution in [1.82, 2.24) is 10.2 Å². The van der Waals surface area contributed by atoms with Gasteiger partial charge >= 0.3 is 5.97 Å². The van der Waals surface area contributed by atoms with Crippen LogP contribution in [0.1, 0.15) is 33.1 Å². The van der Waals surface area contributed by atoms with Crippen LogP contribution in [0.3, 0.4) is 0 Å². The zero-order valence-corrected chi connectivity index (χ0v) is 14.3.